The monoisotopic (exact) mass is 558 g/mol. The minimum Gasteiger partial charge on any atom is -0.241 e. The van der Waals surface area contributed by atoms with Crippen molar-refractivity contribution in [3.8, 4) is 22.2 Å². The lowest BCUT2D eigenvalue weighted by Crippen LogP contribution is -2.04. The van der Waals surface area contributed by atoms with Crippen molar-refractivity contribution < 1.29 is 26.3 Å². The molecule has 4 rings (SSSR count). The van der Waals surface area contributed by atoms with Crippen LogP contribution in [0.3, 0.4) is 0 Å². The molecule has 0 amide bonds. The van der Waals surface area contributed by atoms with Crippen molar-refractivity contribution in [2.24, 2.45) is 0 Å². The highest BCUT2D eigenvalue weighted by Crippen LogP contribution is 2.34. The van der Waals surface area contributed by atoms with Crippen molar-refractivity contribution in [2.75, 3.05) is 0 Å². The molecule has 2 aromatic heterocycles. The third-order valence-corrected chi connectivity index (χ3v) is 7.12. The largest absolute Gasteiger partial charge is 0.416 e. The average molecular weight is 559 g/mol. The molecule has 2 aromatic carbocycles. The van der Waals surface area contributed by atoms with Crippen LogP contribution in [0.1, 0.15) is 32.0 Å². The quantitative estimate of drug-likeness (QED) is 0.182. The Kier molecular flexibility index (Phi) is 7.49. The second kappa shape index (κ2) is 10.6. The first-order valence-electron chi connectivity index (χ1n) is 10.5. The Morgan fingerprint density at radius 2 is 0.974 bits per heavy atom. The van der Waals surface area contributed by atoms with Crippen LogP contribution in [0.2, 0.25) is 0 Å². The number of hydrogen-bond donors (Lipinski definition) is 0. The van der Waals surface area contributed by atoms with Gasteiger partial charge in [-0.3, -0.25) is 0 Å². The first-order valence-corrected chi connectivity index (χ1v) is 12.1. The van der Waals surface area contributed by atoms with E-state index in [0.29, 0.717) is 30.9 Å². The standard InChI is InChI=1S/C26H12F6N4S2/c27-25(28,29)19-5-1-15(2-6-19)17(11-33)9-21-13-35-23(37-21)24-36-14-22(38-24)10-18(12-34)16-3-7-20(8-4-16)26(30,31)32/h1-10,13-14H/b17-9+,18-10+. The van der Waals surface area contributed by atoms with E-state index < -0.39 is 23.5 Å². The Hall–Kier alpha value is -4.26. The Balaban J connectivity index is 1.54. The minimum absolute atomic E-state index is 0.159. The summed E-state index contributed by atoms with van der Waals surface area (Å²) in [7, 11) is 0. The number of allylic oxidation sites excluding steroid dienone is 2. The zero-order chi connectivity index (χ0) is 27.5. The van der Waals surface area contributed by atoms with Gasteiger partial charge in [-0.05, 0) is 47.5 Å². The highest BCUT2D eigenvalue weighted by molar-refractivity contribution is 7.22. The van der Waals surface area contributed by atoms with Crippen molar-refractivity contribution in [3.05, 3.63) is 92.9 Å². The van der Waals surface area contributed by atoms with Crippen molar-refractivity contribution in [3.63, 3.8) is 0 Å². The first kappa shape index (κ1) is 26.8. The van der Waals surface area contributed by atoms with Crippen molar-refractivity contribution in [2.45, 2.75) is 12.4 Å². The highest BCUT2D eigenvalue weighted by Gasteiger charge is 2.30. The lowest BCUT2D eigenvalue weighted by Gasteiger charge is -2.07. The Morgan fingerprint density at radius 1 is 0.632 bits per heavy atom. The summed E-state index contributed by atoms with van der Waals surface area (Å²) in [5.41, 5.74) is -0.664. The van der Waals surface area contributed by atoms with Gasteiger partial charge in [0.1, 0.15) is 0 Å². The number of benzene rings is 2. The number of rotatable bonds is 5. The molecule has 0 bridgehead atoms. The van der Waals surface area contributed by atoms with Crippen LogP contribution < -0.4 is 0 Å². The molecular formula is C26H12F6N4S2. The zero-order valence-electron chi connectivity index (χ0n) is 18.8. The normalized spacial score (nSPS) is 12.7. The predicted molar refractivity (Wildman–Crippen MR) is 133 cm³/mol. The van der Waals surface area contributed by atoms with E-state index in [1.54, 1.807) is 0 Å². The molecule has 0 radical (unpaired) electrons. The zero-order valence-corrected chi connectivity index (χ0v) is 20.4. The van der Waals surface area contributed by atoms with E-state index in [1.807, 2.05) is 12.1 Å². The molecule has 2 heterocycles. The van der Waals surface area contributed by atoms with E-state index in [4.69, 9.17) is 0 Å². The lowest BCUT2D eigenvalue weighted by molar-refractivity contribution is -0.138. The topological polar surface area (TPSA) is 73.4 Å². The molecule has 4 aromatic rings. The number of nitrogens with zero attached hydrogens (tertiary/aromatic N) is 4. The van der Waals surface area contributed by atoms with Crippen LogP contribution in [0.25, 0.3) is 33.3 Å². The van der Waals surface area contributed by atoms with Crippen LogP contribution in [0.15, 0.2) is 60.9 Å². The SMILES string of the molecule is N#C/C(=C\c1cnc(-c2ncc(/C=C(\C#N)c3ccc(C(F)(F)F)cc3)s2)s1)c1ccc(C(F)(F)F)cc1. The van der Waals surface area contributed by atoms with E-state index in [-0.39, 0.29) is 11.1 Å². The summed E-state index contributed by atoms with van der Waals surface area (Å²) < 4.78 is 76.8. The van der Waals surface area contributed by atoms with Crippen molar-refractivity contribution in [1.82, 2.24) is 9.97 Å². The highest BCUT2D eigenvalue weighted by atomic mass is 32.1. The van der Waals surface area contributed by atoms with Gasteiger partial charge < -0.3 is 0 Å². The molecule has 0 aliphatic rings. The molecule has 0 saturated carbocycles. The molecule has 0 aliphatic carbocycles. The lowest BCUT2D eigenvalue weighted by atomic mass is 10.0. The van der Waals surface area contributed by atoms with E-state index in [9.17, 15) is 36.9 Å². The van der Waals surface area contributed by atoms with E-state index >= 15 is 0 Å². The van der Waals surface area contributed by atoms with Crippen molar-refractivity contribution >= 4 is 46.0 Å². The molecule has 4 nitrogen and oxygen atoms in total. The number of alkyl halides is 6. The number of halogens is 6. The predicted octanol–water partition coefficient (Wildman–Crippen LogP) is 8.43. The third kappa shape index (κ3) is 6.17. The Morgan fingerprint density at radius 3 is 1.26 bits per heavy atom. The summed E-state index contributed by atoms with van der Waals surface area (Å²) in [6.07, 6.45) is -2.93. The summed E-state index contributed by atoms with van der Waals surface area (Å²) in [5, 5.41) is 20.0. The van der Waals surface area contributed by atoms with Crippen LogP contribution in [0.5, 0.6) is 0 Å². The fourth-order valence-electron chi connectivity index (χ4n) is 3.23. The molecular weight excluding hydrogens is 546 g/mol. The molecule has 0 unspecified atom stereocenters. The third-order valence-electron chi connectivity index (χ3n) is 5.09. The summed E-state index contributed by atoms with van der Waals surface area (Å²) in [5.74, 6) is 0. The summed E-state index contributed by atoms with van der Waals surface area (Å²) in [4.78, 5) is 9.73. The van der Waals surface area contributed by atoms with Gasteiger partial charge in [0.2, 0.25) is 0 Å². The molecule has 190 valence electrons. The molecule has 0 fully saturated rings. The van der Waals surface area contributed by atoms with Crippen LogP contribution in [-0.4, -0.2) is 9.97 Å². The smallest absolute Gasteiger partial charge is 0.241 e. The fraction of sp³-hybridized carbons (Fsp3) is 0.0769. The van der Waals surface area contributed by atoms with E-state index in [2.05, 4.69) is 9.97 Å². The Bertz CT molecular complexity index is 1470. The first-order chi connectivity index (χ1) is 18.0. The van der Waals surface area contributed by atoms with Crippen LogP contribution in [-0.2, 0) is 12.4 Å². The number of thiazole rings is 2. The number of hydrogen-bond acceptors (Lipinski definition) is 6. The Labute approximate surface area is 220 Å². The van der Waals surface area contributed by atoms with Gasteiger partial charge in [-0.25, -0.2) is 9.97 Å². The number of nitriles is 2. The van der Waals surface area contributed by atoms with Crippen LogP contribution in [0.4, 0.5) is 26.3 Å². The van der Waals surface area contributed by atoms with Crippen LogP contribution >= 0.6 is 22.7 Å². The molecule has 38 heavy (non-hydrogen) atoms. The second-order valence-corrected chi connectivity index (χ2v) is 9.75. The average Bonchev–Trinajstić information content (AvgIpc) is 3.54. The van der Waals surface area contributed by atoms with Crippen molar-refractivity contribution in [1.29, 1.82) is 10.5 Å². The van der Waals surface area contributed by atoms with Gasteiger partial charge >= 0.3 is 12.4 Å². The van der Waals surface area contributed by atoms with Crippen LogP contribution in [0, 0.1) is 22.7 Å². The summed E-state index contributed by atoms with van der Waals surface area (Å²) >= 11 is 2.41. The van der Waals surface area contributed by atoms with Gasteiger partial charge in [-0.2, -0.15) is 36.9 Å². The number of aromatic nitrogens is 2. The maximum atomic E-state index is 12.8. The van der Waals surface area contributed by atoms with Gasteiger partial charge in [0, 0.05) is 22.1 Å². The second-order valence-electron chi connectivity index (χ2n) is 7.63. The molecule has 0 N–H and O–H groups in total. The van der Waals surface area contributed by atoms with Gasteiger partial charge in [0.15, 0.2) is 10.0 Å². The van der Waals surface area contributed by atoms with Gasteiger partial charge in [-0.1, -0.05) is 24.3 Å². The minimum atomic E-state index is -4.48. The molecule has 0 aliphatic heterocycles. The summed E-state index contributed by atoms with van der Waals surface area (Å²) in [6.45, 7) is 0. The molecule has 0 spiro atoms. The van der Waals surface area contributed by atoms with E-state index in [1.165, 1.54) is 71.5 Å². The summed E-state index contributed by atoms with van der Waals surface area (Å²) in [6, 6.07) is 12.5. The van der Waals surface area contributed by atoms with Gasteiger partial charge in [0.05, 0.1) is 34.4 Å². The maximum Gasteiger partial charge on any atom is 0.416 e. The van der Waals surface area contributed by atoms with E-state index in [0.717, 1.165) is 24.3 Å². The van der Waals surface area contributed by atoms with Gasteiger partial charge in [-0.15, -0.1) is 22.7 Å². The fourth-order valence-corrected chi connectivity index (χ4v) is 4.98. The molecule has 0 saturated heterocycles. The molecule has 12 heteroatoms. The molecule has 0 atom stereocenters. The maximum absolute atomic E-state index is 12.8. The van der Waals surface area contributed by atoms with Gasteiger partial charge in [0.25, 0.3) is 0 Å².